The molecule has 0 unspecified atom stereocenters. The van der Waals surface area contributed by atoms with E-state index in [1.165, 1.54) is 79.4 Å². The topological polar surface area (TPSA) is 9.23 Å². The van der Waals surface area contributed by atoms with Gasteiger partial charge in [-0.05, 0) is 0 Å². The normalized spacial score (nSPS) is 14.4. The molecule has 28 heavy (non-hydrogen) atoms. The number of unbranched alkanes of at least 4 members (excludes halogenated alkanes) is 2. The third kappa shape index (κ3) is 3.42. The number of aryl methyl sites for hydroxylation is 2. The van der Waals surface area contributed by atoms with E-state index in [2.05, 4.69) is 67.5 Å². The van der Waals surface area contributed by atoms with E-state index >= 15 is 0 Å². The van der Waals surface area contributed by atoms with E-state index in [1.54, 1.807) is 7.16 Å². The van der Waals surface area contributed by atoms with Crippen LogP contribution in [0.3, 0.4) is 0 Å². The first-order valence-electron chi connectivity index (χ1n) is 11.2. The van der Waals surface area contributed by atoms with Crippen molar-refractivity contribution in [3.05, 3.63) is 45.5 Å². The first-order valence-corrected chi connectivity index (χ1v) is 18.1. The van der Waals surface area contributed by atoms with Crippen LogP contribution in [0.5, 0.6) is 11.5 Å². The van der Waals surface area contributed by atoms with Crippen LogP contribution in [-0.2, 0) is 0 Å². The number of benzene rings is 2. The zero-order valence-corrected chi connectivity index (χ0v) is 22.2. The summed E-state index contributed by atoms with van der Waals surface area (Å²) in [5.41, 5.74) is 8.42. The molecular formula is C26H38OSn. The van der Waals surface area contributed by atoms with Gasteiger partial charge in [0.15, 0.2) is 0 Å². The van der Waals surface area contributed by atoms with Crippen LogP contribution in [0.15, 0.2) is 12.1 Å². The zero-order valence-electron chi connectivity index (χ0n) is 19.3. The molecule has 1 aliphatic heterocycles. The summed E-state index contributed by atoms with van der Waals surface area (Å²) in [5, 5.41) is 0. The molecule has 0 radical (unpaired) electrons. The van der Waals surface area contributed by atoms with Gasteiger partial charge >= 0.3 is 177 Å². The predicted octanol–water partition coefficient (Wildman–Crippen LogP) is 6.81. The molecule has 0 bridgehead atoms. The average molecular weight is 485 g/mol. The third-order valence-corrected chi connectivity index (χ3v) is 22.2. The predicted molar refractivity (Wildman–Crippen MR) is 126 cm³/mol. The molecule has 152 valence electrons. The molecule has 2 aromatic carbocycles. The Morgan fingerprint density at radius 2 is 1.04 bits per heavy atom. The molecule has 2 aromatic rings. The van der Waals surface area contributed by atoms with E-state index in [-0.39, 0.29) is 0 Å². The second kappa shape index (κ2) is 8.42. The van der Waals surface area contributed by atoms with Crippen molar-refractivity contribution in [2.24, 2.45) is 0 Å². The Kier molecular flexibility index (Phi) is 6.54. The number of fused-ring (bicyclic) bond motifs is 2. The van der Waals surface area contributed by atoms with Crippen molar-refractivity contribution in [3.63, 3.8) is 0 Å². The van der Waals surface area contributed by atoms with Crippen LogP contribution in [-0.4, -0.2) is 18.4 Å². The summed E-state index contributed by atoms with van der Waals surface area (Å²) in [7, 11) is 0. The van der Waals surface area contributed by atoms with E-state index in [9.17, 15) is 0 Å². The van der Waals surface area contributed by atoms with Crippen molar-refractivity contribution >= 4 is 25.5 Å². The Bertz CT molecular complexity index is 821. The zero-order chi connectivity index (χ0) is 20.6. The van der Waals surface area contributed by atoms with Gasteiger partial charge in [0.05, 0.1) is 0 Å². The van der Waals surface area contributed by atoms with E-state index in [0.717, 1.165) is 0 Å². The Balaban J connectivity index is 2.39. The van der Waals surface area contributed by atoms with Gasteiger partial charge in [-0.2, -0.15) is 0 Å². The van der Waals surface area contributed by atoms with E-state index < -0.39 is 18.4 Å². The Morgan fingerprint density at radius 3 is 1.39 bits per heavy atom. The summed E-state index contributed by atoms with van der Waals surface area (Å²) in [4.78, 5) is 0. The van der Waals surface area contributed by atoms with E-state index in [4.69, 9.17) is 4.74 Å². The van der Waals surface area contributed by atoms with Crippen molar-refractivity contribution in [1.82, 2.24) is 0 Å². The molecule has 1 nitrogen and oxygen atoms in total. The molecule has 0 aliphatic carbocycles. The SMILES string of the molecule is CCC[CH2][Sn]1([CH2]CCC)[c]2cc(C)c(C)c(C)c2Oc2[c]1cc(C)c(C)c2C. The molecule has 0 amide bonds. The molecule has 0 saturated heterocycles. The molecular weight excluding hydrogens is 447 g/mol. The Morgan fingerprint density at radius 1 is 0.643 bits per heavy atom. The van der Waals surface area contributed by atoms with Crippen LogP contribution in [0.25, 0.3) is 0 Å². The summed E-state index contributed by atoms with van der Waals surface area (Å²) in [6.07, 6.45) is 5.25. The van der Waals surface area contributed by atoms with E-state index in [1.807, 2.05) is 0 Å². The van der Waals surface area contributed by atoms with Gasteiger partial charge in [-0.25, -0.2) is 0 Å². The Hall–Kier alpha value is -0.961. The third-order valence-electron chi connectivity index (χ3n) is 7.35. The minimum absolute atomic E-state index is 1.23. The summed E-state index contributed by atoms with van der Waals surface area (Å²) in [6, 6.07) is 5.07. The second-order valence-corrected chi connectivity index (χ2v) is 21.1. The second-order valence-electron chi connectivity index (χ2n) is 9.03. The molecule has 3 rings (SSSR count). The van der Waals surface area contributed by atoms with Crippen LogP contribution in [0.1, 0.15) is 72.9 Å². The van der Waals surface area contributed by atoms with Gasteiger partial charge in [-0.3, -0.25) is 0 Å². The quantitative estimate of drug-likeness (QED) is 0.409. The first-order chi connectivity index (χ1) is 13.3. The fourth-order valence-electron chi connectivity index (χ4n) is 4.96. The van der Waals surface area contributed by atoms with Crippen LogP contribution in [0.4, 0.5) is 0 Å². The van der Waals surface area contributed by atoms with Gasteiger partial charge in [0.2, 0.25) is 0 Å². The summed E-state index contributed by atoms with van der Waals surface area (Å²) < 4.78 is 12.9. The molecule has 1 aliphatic rings. The van der Waals surface area contributed by atoms with E-state index in [0.29, 0.717) is 0 Å². The molecule has 2 heteroatoms. The van der Waals surface area contributed by atoms with Crippen molar-refractivity contribution in [1.29, 1.82) is 0 Å². The van der Waals surface area contributed by atoms with Gasteiger partial charge in [0.1, 0.15) is 0 Å². The number of rotatable bonds is 6. The molecule has 0 atom stereocenters. The molecule has 0 spiro atoms. The standard InChI is InChI=1S/C18H20O.2C4H9.Sn/c1-11-7-9-17(15(5)13(11)3)19-18-10-8-12(2)14(4)16(18)6;2*1-3-4-2;/h7-8H,1-6H3;2*1,3-4H2,2H3;. The van der Waals surface area contributed by atoms with Crippen molar-refractivity contribution < 1.29 is 4.74 Å². The molecule has 0 fully saturated rings. The summed E-state index contributed by atoms with van der Waals surface area (Å²) in [5.74, 6) is 2.45. The van der Waals surface area contributed by atoms with Crippen LogP contribution >= 0.6 is 0 Å². The summed E-state index contributed by atoms with van der Waals surface area (Å²) in [6.45, 7) is 18.3. The fourth-order valence-corrected chi connectivity index (χ4v) is 21.7. The van der Waals surface area contributed by atoms with Crippen LogP contribution in [0, 0.1) is 41.5 Å². The maximum absolute atomic E-state index is 6.78. The minimum atomic E-state index is -2.85. The fraction of sp³-hybridized carbons (Fsp3) is 0.538. The maximum atomic E-state index is 6.78. The van der Waals surface area contributed by atoms with Gasteiger partial charge in [0.25, 0.3) is 0 Å². The number of hydrogen-bond donors (Lipinski definition) is 0. The number of hydrogen-bond acceptors (Lipinski definition) is 1. The van der Waals surface area contributed by atoms with Gasteiger partial charge in [0, 0.05) is 0 Å². The van der Waals surface area contributed by atoms with Gasteiger partial charge < -0.3 is 0 Å². The molecule has 0 aromatic heterocycles. The van der Waals surface area contributed by atoms with Crippen molar-refractivity contribution in [2.45, 2.75) is 89.9 Å². The number of ether oxygens (including phenoxy) is 1. The first kappa shape index (κ1) is 21.7. The monoisotopic (exact) mass is 486 g/mol. The van der Waals surface area contributed by atoms with Crippen LogP contribution in [0.2, 0.25) is 8.87 Å². The Labute approximate surface area is 176 Å². The van der Waals surface area contributed by atoms with Gasteiger partial charge in [-0.15, -0.1) is 0 Å². The van der Waals surface area contributed by atoms with Crippen LogP contribution < -0.4 is 11.9 Å². The average Bonchev–Trinajstić information content (AvgIpc) is 2.68. The van der Waals surface area contributed by atoms with Crippen molar-refractivity contribution in [2.75, 3.05) is 0 Å². The molecule has 0 saturated carbocycles. The molecule has 0 N–H and O–H groups in total. The molecule has 1 heterocycles. The van der Waals surface area contributed by atoms with Crippen molar-refractivity contribution in [3.8, 4) is 11.5 Å². The van der Waals surface area contributed by atoms with Gasteiger partial charge in [-0.1, -0.05) is 0 Å². The summed E-state index contributed by atoms with van der Waals surface area (Å²) >= 11 is -2.85.